The fourth-order valence-corrected chi connectivity index (χ4v) is 1.53. The van der Waals surface area contributed by atoms with Crippen LogP contribution in [0.3, 0.4) is 0 Å². The number of rotatable bonds is 4. The molecule has 1 rings (SSSR count). The number of hydrogen-bond acceptors (Lipinski definition) is 5. The molecule has 0 aromatic carbocycles. The first kappa shape index (κ1) is 10.1. The number of carbonyl (C=O) groups is 1. The third kappa shape index (κ3) is 3.12. The molecule has 4 nitrogen and oxygen atoms in total. The van der Waals surface area contributed by atoms with Crippen molar-refractivity contribution in [2.75, 3.05) is 6.61 Å². The van der Waals surface area contributed by atoms with Gasteiger partial charge in [-0.2, -0.15) is 0 Å². The van der Waals surface area contributed by atoms with Gasteiger partial charge in [0.25, 0.3) is 0 Å². The first-order valence-electron chi connectivity index (χ1n) is 4.03. The summed E-state index contributed by atoms with van der Waals surface area (Å²) in [6.07, 6.45) is 1.89. The normalized spacial score (nSPS) is 12.5. The Hall–Kier alpha value is -0.940. The molecule has 1 heterocycles. The summed E-state index contributed by atoms with van der Waals surface area (Å²) in [4.78, 5) is 15.8. The number of thiazole rings is 1. The van der Waals surface area contributed by atoms with Gasteiger partial charge in [-0.05, 0) is 6.92 Å². The van der Waals surface area contributed by atoms with Crippen molar-refractivity contribution in [3.63, 3.8) is 0 Å². The number of carbonyl (C=O) groups excluding carboxylic acids is 1. The van der Waals surface area contributed by atoms with E-state index in [0.717, 1.165) is 4.88 Å². The van der Waals surface area contributed by atoms with Crippen molar-refractivity contribution in [2.45, 2.75) is 19.4 Å². The molecule has 0 aliphatic heterocycles. The Balaban J connectivity index is 2.42. The predicted octanol–water partition coefficient (Wildman–Crippen LogP) is 1.10. The standard InChI is InChI=1S/C8H12N2O2S/c1-2-12-8(11)3-6(9)7-4-10-5-13-7/h4-6H,2-3,9H2,1H3. The van der Waals surface area contributed by atoms with Crippen LogP contribution in [0.1, 0.15) is 24.3 Å². The third-order valence-electron chi connectivity index (χ3n) is 1.51. The molecular formula is C8H12N2O2S. The average Bonchev–Trinajstić information content (AvgIpc) is 2.55. The summed E-state index contributed by atoms with van der Waals surface area (Å²) in [5.41, 5.74) is 7.44. The van der Waals surface area contributed by atoms with Crippen molar-refractivity contribution >= 4 is 17.3 Å². The van der Waals surface area contributed by atoms with Gasteiger partial charge in [-0.25, -0.2) is 0 Å². The van der Waals surface area contributed by atoms with Crippen molar-refractivity contribution in [1.29, 1.82) is 0 Å². The highest BCUT2D eigenvalue weighted by Crippen LogP contribution is 2.17. The van der Waals surface area contributed by atoms with E-state index in [-0.39, 0.29) is 18.4 Å². The van der Waals surface area contributed by atoms with Crippen LogP contribution in [0.25, 0.3) is 0 Å². The largest absolute Gasteiger partial charge is 0.466 e. The summed E-state index contributed by atoms with van der Waals surface area (Å²) >= 11 is 1.45. The zero-order valence-corrected chi connectivity index (χ0v) is 8.21. The fourth-order valence-electron chi connectivity index (χ4n) is 0.909. The third-order valence-corrected chi connectivity index (χ3v) is 2.42. The van der Waals surface area contributed by atoms with E-state index in [0.29, 0.717) is 6.61 Å². The van der Waals surface area contributed by atoms with Crippen LogP contribution in [-0.2, 0) is 9.53 Å². The van der Waals surface area contributed by atoms with Crippen LogP contribution >= 0.6 is 11.3 Å². The van der Waals surface area contributed by atoms with Gasteiger partial charge in [-0.15, -0.1) is 11.3 Å². The molecule has 13 heavy (non-hydrogen) atoms. The lowest BCUT2D eigenvalue weighted by Gasteiger charge is -2.07. The Labute approximate surface area is 80.7 Å². The van der Waals surface area contributed by atoms with E-state index in [1.807, 2.05) is 0 Å². The molecule has 1 aromatic rings. The molecule has 1 unspecified atom stereocenters. The summed E-state index contributed by atoms with van der Waals surface area (Å²) in [6.45, 7) is 2.17. The SMILES string of the molecule is CCOC(=O)CC(N)c1cncs1. The van der Waals surface area contributed by atoms with E-state index in [1.165, 1.54) is 11.3 Å². The maximum atomic E-state index is 11.0. The van der Waals surface area contributed by atoms with Gasteiger partial charge in [0, 0.05) is 11.1 Å². The summed E-state index contributed by atoms with van der Waals surface area (Å²) in [5.74, 6) is -0.261. The molecule has 0 spiro atoms. The van der Waals surface area contributed by atoms with Crippen LogP contribution in [0.2, 0.25) is 0 Å². The van der Waals surface area contributed by atoms with Gasteiger partial charge >= 0.3 is 5.97 Å². The maximum Gasteiger partial charge on any atom is 0.307 e. The summed E-state index contributed by atoms with van der Waals surface area (Å²) < 4.78 is 4.78. The van der Waals surface area contributed by atoms with Crippen LogP contribution in [0.4, 0.5) is 0 Å². The number of ether oxygens (including phenoxy) is 1. The van der Waals surface area contributed by atoms with Gasteiger partial charge < -0.3 is 10.5 Å². The number of hydrogen-bond donors (Lipinski definition) is 1. The van der Waals surface area contributed by atoms with Crippen LogP contribution < -0.4 is 5.73 Å². The van der Waals surface area contributed by atoms with E-state index in [1.54, 1.807) is 18.6 Å². The lowest BCUT2D eigenvalue weighted by molar-refractivity contribution is -0.143. The van der Waals surface area contributed by atoms with Crippen molar-refractivity contribution in [1.82, 2.24) is 4.98 Å². The molecule has 72 valence electrons. The minimum Gasteiger partial charge on any atom is -0.466 e. The number of nitrogens with zero attached hydrogens (tertiary/aromatic N) is 1. The highest BCUT2D eigenvalue weighted by atomic mass is 32.1. The van der Waals surface area contributed by atoms with E-state index in [2.05, 4.69) is 4.98 Å². The Morgan fingerprint density at radius 1 is 1.85 bits per heavy atom. The smallest absolute Gasteiger partial charge is 0.307 e. The second-order valence-corrected chi connectivity index (χ2v) is 3.44. The fraction of sp³-hybridized carbons (Fsp3) is 0.500. The van der Waals surface area contributed by atoms with Gasteiger partial charge in [0.05, 0.1) is 24.6 Å². The van der Waals surface area contributed by atoms with Crippen molar-refractivity contribution in [3.05, 3.63) is 16.6 Å². The zero-order valence-electron chi connectivity index (χ0n) is 7.40. The highest BCUT2D eigenvalue weighted by molar-refractivity contribution is 7.09. The quantitative estimate of drug-likeness (QED) is 0.739. The molecular weight excluding hydrogens is 188 g/mol. The molecule has 0 saturated heterocycles. The zero-order chi connectivity index (χ0) is 9.68. The van der Waals surface area contributed by atoms with Gasteiger partial charge in [-0.3, -0.25) is 9.78 Å². The molecule has 0 aliphatic rings. The van der Waals surface area contributed by atoms with Gasteiger partial charge in [-0.1, -0.05) is 0 Å². The monoisotopic (exact) mass is 200 g/mol. The van der Waals surface area contributed by atoms with Gasteiger partial charge in [0.1, 0.15) is 0 Å². The van der Waals surface area contributed by atoms with Crippen LogP contribution in [0, 0.1) is 0 Å². The number of nitrogens with two attached hydrogens (primary N) is 1. The van der Waals surface area contributed by atoms with Crippen molar-refractivity contribution in [2.24, 2.45) is 5.73 Å². The second-order valence-electron chi connectivity index (χ2n) is 2.52. The van der Waals surface area contributed by atoms with Crippen LogP contribution in [-0.4, -0.2) is 17.6 Å². The van der Waals surface area contributed by atoms with Gasteiger partial charge in [0.15, 0.2) is 0 Å². The first-order valence-corrected chi connectivity index (χ1v) is 4.91. The molecule has 0 amide bonds. The van der Waals surface area contributed by atoms with Crippen LogP contribution in [0.5, 0.6) is 0 Å². The number of esters is 1. The molecule has 0 bridgehead atoms. The summed E-state index contributed by atoms with van der Waals surface area (Å²) in [7, 11) is 0. The Morgan fingerprint density at radius 3 is 3.15 bits per heavy atom. The topological polar surface area (TPSA) is 65.2 Å². The molecule has 5 heteroatoms. The van der Waals surface area contributed by atoms with E-state index >= 15 is 0 Å². The second kappa shape index (κ2) is 4.94. The molecule has 2 N–H and O–H groups in total. The van der Waals surface area contributed by atoms with Gasteiger partial charge in [0.2, 0.25) is 0 Å². The number of aromatic nitrogens is 1. The molecule has 0 saturated carbocycles. The maximum absolute atomic E-state index is 11.0. The predicted molar refractivity (Wildman–Crippen MR) is 50.3 cm³/mol. The average molecular weight is 200 g/mol. The Bertz CT molecular complexity index is 261. The Kier molecular flexibility index (Phi) is 3.85. The van der Waals surface area contributed by atoms with E-state index in [9.17, 15) is 4.79 Å². The first-order chi connectivity index (χ1) is 6.24. The van der Waals surface area contributed by atoms with Crippen molar-refractivity contribution < 1.29 is 9.53 Å². The Morgan fingerprint density at radius 2 is 2.62 bits per heavy atom. The molecule has 0 aliphatic carbocycles. The van der Waals surface area contributed by atoms with Crippen LogP contribution in [0.15, 0.2) is 11.7 Å². The minimum atomic E-state index is -0.286. The summed E-state index contributed by atoms with van der Waals surface area (Å²) in [6, 6.07) is -0.286. The minimum absolute atomic E-state index is 0.218. The lowest BCUT2D eigenvalue weighted by atomic mass is 10.2. The molecule has 0 radical (unpaired) electrons. The molecule has 1 aromatic heterocycles. The van der Waals surface area contributed by atoms with Crippen molar-refractivity contribution in [3.8, 4) is 0 Å². The lowest BCUT2D eigenvalue weighted by Crippen LogP contribution is -2.16. The van der Waals surface area contributed by atoms with E-state index < -0.39 is 0 Å². The molecule has 0 fully saturated rings. The highest BCUT2D eigenvalue weighted by Gasteiger charge is 2.13. The summed E-state index contributed by atoms with van der Waals surface area (Å²) in [5, 5.41) is 0. The van der Waals surface area contributed by atoms with E-state index in [4.69, 9.17) is 10.5 Å². The molecule has 1 atom stereocenters.